The standard InChI is InChI=1S/C31H38N6O5S/c1-31(2,30(39)35-20-21-8-10-23(11-9-21)28(32)33)36-29(38)27(22-6-4-3-5-7-22)37-43(40,41)26-14-12-24(13-15-26)42-25-16-18-34-19-17-25/h8-19,22,27,37H,3-7,20H2,1-2H3,(H3,32,33)(H,35,39)(H,36,38)/t27-/m1/s1. The van der Waals surface area contributed by atoms with Crippen molar-refractivity contribution in [1.82, 2.24) is 20.3 Å². The maximum atomic E-state index is 13.6. The molecular weight excluding hydrogens is 568 g/mol. The number of aromatic nitrogens is 1. The highest BCUT2D eigenvalue weighted by Gasteiger charge is 2.38. The van der Waals surface area contributed by atoms with Gasteiger partial charge in [0.1, 0.15) is 28.9 Å². The predicted octanol–water partition coefficient (Wildman–Crippen LogP) is 3.60. The maximum Gasteiger partial charge on any atom is 0.245 e. The molecule has 0 saturated heterocycles. The van der Waals surface area contributed by atoms with Gasteiger partial charge in [-0.2, -0.15) is 4.72 Å². The molecule has 0 aliphatic heterocycles. The molecule has 3 aromatic rings. The number of nitrogens with two attached hydrogens (primary N) is 1. The molecule has 0 spiro atoms. The van der Waals surface area contributed by atoms with Gasteiger partial charge in [-0.25, -0.2) is 8.42 Å². The van der Waals surface area contributed by atoms with Crippen LogP contribution in [-0.4, -0.2) is 42.6 Å². The molecule has 43 heavy (non-hydrogen) atoms. The molecule has 228 valence electrons. The topological polar surface area (TPSA) is 176 Å². The number of carbonyl (C=O) groups is 2. The van der Waals surface area contributed by atoms with E-state index in [1.165, 1.54) is 12.1 Å². The van der Waals surface area contributed by atoms with E-state index in [1.807, 2.05) is 0 Å². The molecule has 1 fully saturated rings. The Morgan fingerprint density at radius 2 is 1.58 bits per heavy atom. The second kappa shape index (κ2) is 13.8. The number of nitrogens with zero attached hydrogens (tertiary/aromatic N) is 1. The van der Waals surface area contributed by atoms with Crippen LogP contribution in [0.3, 0.4) is 0 Å². The van der Waals surface area contributed by atoms with E-state index in [9.17, 15) is 18.0 Å². The molecule has 0 radical (unpaired) electrons. The van der Waals surface area contributed by atoms with Gasteiger partial charge in [0.15, 0.2) is 0 Å². The molecule has 1 aliphatic carbocycles. The van der Waals surface area contributed by atoms with Crippen molar-refractivity contribution >= 4 is 27.7 Å². The van der Waals surface area contributed by atoms with Gasteiger partial charge >= 0.3 is 0 Å². The number of ether oxygens (including phenoxy) is 1. The summed E-state index contributed by atoms with van der Waals surface area (Å²) >= 11 is 0. The lowest BCUT2D eigenvalue weighted by molar-refractivity contribution is -0.133. The number of amidine groups is 1. The smallest absolute Gasteiger partial charge is 0.245 e. The van der Waals surface area contributed by atoms with E-state index in [2.05, 4.69) is 20.3 Å². The molecule has 0 unspecified atom stereocenters. The number of hydrogen-bond acceptors (Lipinski definition) is 7. The molecule has 1 heterocycles. The first-order valence-corrected chi connectivity index (χ1v) is 15.7. The average Bonchev–Trinajstić information content (AvgIpc) is 3.00. The van der Waals surface area contributed by atoms with E-state index >= 15 is 0 Å². The number of hydrogen-bond donors (Lipinski definition) is 5. The van der Waals surface area contributed by atoms with Crippen LogP contribution in [0.5, 0.6) is 11.5 Å². The first-order valence-electron chi connectivity index (χ1n) is 14.2. The third-order valence-corrected chi connectivity index (χ3v) is 8.88. The van der Waals surface area contributed by atoms with Gasteiger partial charge in [0, 0.05) is 24.5 Å². The number of sulfonamides is 1. The quantitative estimate of drug-likeness (QED) is 0.155. The van der Waals surface area contributed by atoms with Crippen molar-refractivity contribution in [2.75, 3.05) is 0 Å². The van der Waals surface area contributed by atoms with Gasteiger partial charge in [-0.1, -0.05) is 43.5 Å². The van der Waals surface area contributed by atoms with Gasteiger partial charge in [0.2, 0.25) is 21.8 Å². The Labute approximate surface area is 252 Å². The van der Waals surface area contributed by atoms with Gasteiger partial charge < -0.3 is 21.1 Å². The van der Waals surface area contributed by atoms with E-state index in [1.54, 1.807) is 74.8 Å². The van der Waals surface area contributed by atoms with Crippen molar-refractivity contribution in [2.24, 2.45) is 11.7 Å². The number of pyridine rings is 1. The highest BCUT2D eigenvalue weighted by molar-refractivity contribution is 7.89. The lowest BCUT2D eigenvalue weighted by atomic mass is 9.83. The molecule has 1 saturated carbocycles. The monoisotopic (exact) mass is 606 g/mol. The van der Waals surface area contributed by atoms with E-state index in [-0.39, 0.29) is 23.2 Å². The van der Waals surface area contributed by atoms with Gasteiger partial charge in [-0.3, -0.25) is 20.0 Å². The fourth-order valence-electron chi connectivity index (χ4n) is 4.94. The van der Waals surface area contributed by atoms with Gasteiger partial charge in [-0.05, 0) is 74.6 Å². The Hall–Kier alpha value is -4.29. The molecule has 1 aliphatic rings. The van der Waals surface area contributed by atoms with Crippen LogP contribution in [0.1, 0.15) is 57.1 Å². The van der Waals surface area contributed by atoms with Crippen molar-refractivity contribution in [3.05, 3.63) is 84.2 Å². The second-order valence-electron chi connectivity index (χ2n) is 11.2. The average molecular weight is 607 g/mol. The van der Waals surface area contributed by atoms with E-state index in [4.69, 9.17) is 15.9 Å². The Morgan fingerprint density at radius 3 is 2.19 bits per heavy atom. The van der Waals surface area contributed by atoms with E-state index in [0.29, 0.717) is 29.9 Å². The molecule has 0 bridgehead atoms. The summed E-state index contributed by atoms with van der Waals surface area (Å²) in [7, 11) is -4.08. The summed E-state index contributed by atoms with van der Waals surface area (Å²) in [4.78, 5) is 30.7. The Morgan fingerprint density at radius 1 is 0.977 bits per heavy atom. The largest absolute Gasteiger partial charge is 0.457 e. The van der Waals surface area contributed by atoms with Crippen molar-refractivity contribution in [3.63, 3.8) is 0 Å². The molecular formula is C31H38N6O5S. The Bertz CT molecular complexity index is 1520. The van der Waals surface area contributed by atoms with Crippen LogP contribution in [0, 0.1) is 11.3 Å². The van der Waals surface area contributed by atoms with E-state index in [0.717, 1.165) is 24.8 Å². The first kappa shape index (κ1) is 31.6. The number of nitrogens with one attached hydrogen (secondary N) is 4. The summed E-state index contributed by atoms with van der Waals surface area (Å²) in [5.74, 6) is -0.221. The highest BCUT2D eigenvalue weighted by Crippen LogP contribution is 2.29. The normalized spacial score (nSPS) is 14.8. The Balaban J connectivity index is 1.44. The van der Waals surface area contributed by atoms with Crippen LogP contribution >= 0.6 is 0 Å². The zero-order valence-corrected chi connectivity index (χ0v) is 25.1. The number of amides is 2. The lowest BCUT2D eigenvalue weighted by Gasteiger charge is -2.33. The van der Waals surface area contributed by atoms with Crippen LogP contribution in [-0.2, 0) is 26.2 Å². The molecule has 2 aromatic carbocycles. The number of benzene rings is 2. The van der Waals surface area contributed by atoms with Crippen LogP contribution in [0.25, 0.3) is 0 Å². The van der Waals surface area contributed by atoms with Crippen LogP contribution in [0.15, 0.2) is 78.0 Å². The summed E-state index contributed by atoms with van der Waals surface area (Å²) in [6.45, 7) is 3.36. The fraction of sp³-hybridized carbons (Fsp3) is 0.355. The molecule has 6 N–H and O–H groups in total. The zero-order valence-electron chi connectivity index (χ0n) is 24.3. The van der Waals surface area contributed by atoms with Gasteiger partial charge in [-0.15, -0.1) is 0 Å². The maximum absolute atomic E-state index is 13.6. The van der Waals surface area contributed by atoms with Crippen molar-refractivity contribution in [1.29, 1.82) is 5.41 Å². The summed E-state index contributed by atoms with van der Waals surface area (Å²) in [6, 6.07) is 15.2. The third-order valence-electron chi connectivity index (χ3n) is 7.43. The van der Waals surface area contributed by atoms with Crippen LogP contribution < -0.4 is 25.8 Å². The summed E-state index contributed by atoms with van der Waals surface area (Å²) < 4.78 is 35.3. The predicted molar refractivity (Wildman–Crippen MR) is 163 cm³/mol. The summed E-state index contributed by atoms with van der Waals surface area (Å²) in [5.41, 5.74) is 5.55. The van der Waals surface area contributed by atoms with Crippen LogP contribution in [0.4, 0.5) is 0 Å². The minimum absolute atomic E-state index is 0.00372. The minimum atomic E-state index is -4.08. The fourth-order valence-corrected chi connectivity index (χ4v) is 6.21. The summed E-state index contributed by atoms with van der Waals surface area (Å²) in [5, 5.41) is 13.1. The molecule has 1 atom stereocenters. The van der Waals surface area contributed by atoms with Crippen LogP contribution in [0.2, 0.25) is 0 Å². The zero-order chi connectivity index (χ0) is 31.0. The van der Waals surface area contributed by atoms with Crippen molar-refractivity contribution in [2.45, 2.75) is 69.0 Å². The second-order valence-corrected chi connectivity index (χ2v) is 12.9. The van der Waals surface area contributed by atoms with Gasteiger partial charge in [0.25, 0.3) is 0 Å². The SMILES string of the molecule is CC(C)(NC(=O)[C@H](NS(=O)(=O)c1ccc(Oc2ccncc2)cc1)C1CCCCC1)C(=O)NCc1ccc(C(=N)N)cc1. The highest BCUT2D eigenvalue weighted by atomic mass is 32.2. The van der Waals surface area contributed by atoms with Crippen molar-refractivity contribution in [3.8, 4) is 11.5 Å². The van der Waals surface area contributed by atoms with E-state index < -0.39 is 33.4 Å². The molecule has 1 aromatic heterocycles. The minimum Gasteiger partial charge on any atom is -0.457 e. The number of nitrogen functional groups attached to an aromatic ring is 1. The summed E-state index contributed by atoms with van der Waals surface area (Å²) in [6.07, 6.45) is 7.39. The Kier molecular flexibility index (Phi) is 10.1. The number of rotatable bonds is 12. The molecule has 4 rings (SSSR count). The first-order chi connectivity index (χ1) is 20.4. The lowest BCUT2D eigenvalue weighted by Crippen LogP contribution is -2.60. The third kappa shape index (κ3) is 8.62. The molecule has 2 amide bonds. The van der Waals surface area contributed by atoms with Gasteiger partial charge in [0.05, 0.1) is 4.90 Å². The number of carbonyl (C=O) groups excluding carboxylic acids is 2. The van der Waals surface area contributed by atoms with Crippen molar-refractivity contribution < 1.29 is 22.7 Å². The molecule has 12 heteroatoms. The molecule has 11 nitrogen and oxygen atoms in total.